The van der Waals surface area contributed by atoms with Crippen molar-refractivity contribution in [2.75, 3.05) is 10.6 Å². The van der Waals surface area contributed by atoms with Gasteiger partial charge in [-0.1, -0.05) is 0 Å². The van der Waals surface area contributed by atoms with Gasteiger partial charge in [-0.15, -0.1) is 0 Å². The van der Waals surface area contributed by atoms with Gasteiger partial charge in [0.25, 0.3) is 5.91 Å². The molecule has 6 N–H and O–H groups in total. The minimum Gasteiger partial charge on any atom is -0.465 e. The third kappa shape index (κ3) is 4.81. The third-order valence-electron chi connectivity index (χ3n) is 5.77. The van der Waals surface area contributed by atoms with Gasteiger partial charge in [0.2, 0.25) is 0 Å². The second-order valence-electron chi connectivity index (χ2n) is 8.18. The summed E-state index contributed by atoms with van der Waals surface area (Å²) in [6.45, 7) is 4.48. The highest BCUT2D eigenvalue weighted by Gasteiger charge is 2.36. The van der Waals surface area contributed by atoms with E-state index in [9.17, 15) is 14.0 Å². The molecule has 2 amide bonds. The first-order valence-electron chi connectivity index (χ1n) is 10.8. The molecule has 1 saturated carbocycles. The molecule has 0 aliphatic heterocycles. The van der Waals surface area contributed by atoms with Crippen LogP contribution in [0.15, 0.2) is 30.5 Å². The number of carbonyl (C=O) groups excluding carboxylic acids is 1. The zero-order chi connectivity index (χ0) is 23.7. The molecule has 1 aliphatic carbocycles. The molecule has 3 aromatic rings. The summed E-state index contributed by atoms with van der Waals surface area (Å²) in [6.07, 6.45) is 2.40. The fourth-order valence-corrected chi connectivity index (χ4v) is 3.98. The lowest BCUT2D eigenvalue weighted by atomic mass is 10.1. The van der Waals surface area contributed by atoms with Crippen LogP contribution < -0.4 is 21.7 Å². The van der Waals surface area contributed by atoms with Crippen LogP contribution in [0.1, 0.15) is 37.0 Å². The van der Waals surface area contributed by atoms with Crippen LogP contribution in [0.25, 0.3) is 10.9 Å². The number of halogens is 1. The summed E-state index contributed by atoms with van der Waals surface area (Å²) in [5, 5.41) is 22.8. The lowest BCUT2D eigenvalue weighted by molar-refractivity contribution is 0.100. The van der Waals surface area contributed by atoms with Gasteiger partial charge in [0.15, 0.2) is 11.6 Å². The van der Waals surface area contributed by atoms with Gasteiger partial charge in [0.1, 0.15) is 5.82 Å². The molecule has 2 atom stereocenters. The average molecular weight is 455 g/mol. The minimum atomic E-state index is -1.14. The van der Waals surface area contributed by atoms with E-state index in [1.165, 1.54) is 0 Å². The third-order valence-corrected chi connectivity index (χ3v) is 5.77. The zero-order valence-electron chi connectivity index (χ0n) is 18.3. The average Bonchev–Trinajstić information content (AvgIpc) is 3.52. The number of rotatable bonds is 9. The molecule has 174 valence electrons. The normalized spacial score (nSPS) is 15.1. The van der Waals surface area contributed by atoms with Crippen molar-refractivity contribution in [1.29, 1.82) is 0 Å². The largest absolute Gasteiger partial charge is 0.465 e. The summed E-state index contributed by atoms with van der Waals surface area (Å²) >= 11 is 0. The van der Waals surface area contributed by atoms with E-state index in [-0.39, 0.29) is 23.1 Å². The Morgan fingerprint density at radius 2 is 2.06 bits per heavy atom. The van der Waals surface area contributed by atoms with E-state index in [2.05, 4.69) is 26.0 Å². The van der Waals surface area contributed by atoms with Gasteiger partial charge in [0.05, 0.1) is 23.3 Å². The van der Waals surface area contributed by atoms with E-state index in [1.54, 1.807) is 13.1 Å². The number of aromatic nitrogens is 3. The quantitative estimate of drug-likeness (QED) is 0.333. The van der Waals surface area contributed by atoms with E-state index >= 15 is 0 Å². The Balaban J connectivity index is 1.62. The summed E-state index contributed by atoms with van der Waals surface area (Å²) in [7, 11) is 0. The Hall–Kier alpha value is -3.89. The number of benzene rings is 1. The first-order valence-corrected chi connectivity index (χ1v) is 10.8. The molecular weight excluding hydrogens is 429 g/mol. The molecule has 0 radical (unpaired) electrons. The van der Waals surface area contributed by atoms with Crippen LogP contribution in [0.3, 0.4) is 0 Å². The number of fused-ring (bicyclic) bond motifs is 1. The number of amides is 2. The second kappa shape index (κ2) is 8.93. The van der Waals surface area contributed by atoms with Gasteiger partial charge in [0, 0.05) is 23.7 Å². The molecule has 0 spiro atoms. The van der Waals surface area contributed by atoms with E-state index in [0.29, 0.717) is 5.69 Å². The maximum atomic E-state index is 14.8. The summed E-state index contributed by atoms with van der Waals surface area (Å²) in [5.41, 5.74) is 6.94. The van der Waals surface area contributed by atoms with Crippen LogP contribution in [0.5, 0.6) is 0 Å². The Morgan fingerprint density at radius 3 is 2.70 bits per heavy atom. The molecule has 2 aromatic heterocycles. The molecule has 0 saturated heterocycles. The number of anilines is 3. The van der Waals surface area contributed by atoms with E-state index in [4.69, 9.17) is 10.8 Å². The summed E-state index contributed by atoms with van der Waals surface area (Å²) < 4.78 is 16.6. The van der Waals surface area contributed by atoms with Gasteiger partial charge in [-0.25, -0.2) is 14.2 Å². The van der Waals surface area contributed by atoms with Crippen molar-refractivity contribution in [2.45, 2.75) is 45.3 Å². The van der Waals surface area contributed by atoms with Crippen LogP contribution in [0, 0.1) is 11.7 Å². The van der Waals surface area contributed by atoms with Gasteiger partial charge >= 0.3 is 6.09 Å². The second-order valence-corrected chi connectivity index (χ2v) is 8.18. The van der Waals surface area contributed by atoms with Crippen molar-refractivity contribution in [2.24, 2.45) is 11.7 Å². The van der Waals surface area contributed by atoms with Crippen LogP contribution in [-0.2, 0) is 6.54 Å². The van der Waals surface area contributed by atoms with Crippen molar-refractivity contribution < 1.29 is 19.1 Å². The SMILES string of the molecule is CCn1ncc2cc(Nc3nc(N[C@H](C)[C@@H](NC(=O)O)C4CC4)c(F)cc3C(N)=O)ccc21. The molecule has 1 fully saturated rings. The lowest BCUT2D eigenvalue weighted by Crippen LogP contribution is -2.46. The smallest absolute Gasteiger partial charge is 0.404 e. The number of aryl methyl sites for hydroxylation is 1. The number of pyridine rings is 1. The van der Waals surface area contributed by atoms with Crippen LogP contribution in [-0.4, -0.2) is 44.0 Å². The minimum absolute atomic E-state index is 0.0926. The number of primary amides is 1. The Morgan fingerprint density at radius 1 is 1.30 bits per heavy atom. The topological polar surface area (TPSA) is 147 Å². The van der Waals surface area contributed by atoms with Crippen molar-refractivity contribution >= 4 is 40.2 Å². The van der Waals surface area contributed by atoms with Crippen molar-refractivity contribution in [3.8, 4) is 0 Å². The molecule has 0 unspecified atom stereocenters. The van der Waals surface area contributed by atoms with Crippen LogP contribution in [0.4, 0.5) is 26.5 Å². The van der Waals surface area contributed by atoms with Crippen LogP contribution >= 0.6 is 0 Å². The van der Waals surface area contributed by atoms with Gasteiger partial charge in [-0.05, 0) is 56.9 Å². The number of nitrogens with two attached hydrogens (primary N) is 1. The molecular formula is C22H26FN7O3. The maximum Gasteiger partial charge on any atom is 0.404 e. The van der Waals surface area contributed by atoms with Crippen LogP contribution in [0.2, 0.25) is 0 Å². The first kappa shape index (κ1) is 22.3. The summed E-state index contributed by atoms with van der Waals surface area (Å²) in [5.74, 6) is -1.41. The van der Waals surface area contributed by atoms with E-state index < -0.39 is 29.9 Å². The fourth-order valence-electron chi connectivity index (χ4n) is 3.98. The zero-order valence-corrected chi connectivity index (χ0v) is 18.3. The molecule has 0 bridgehead atoms. The first-order chi connectivity index (χ1) is 15.8. The molecule has 1 aliphatic rings. The highest BCUT2D eigenvalue weighted by Crippen LogP contribution is 2.35. The highest BCUT2D eigenvalue weighted by molar-refractivity contribution is 5.99. The van der Waals surface area contributed by atoms with Gasteiger partial charge < -0.3 is 26.8 Å². The number of hydrogen-bond acceptors (Lipinski definition) is 6. The molecule has 4 rings (SSSR count). The highest BCUT2D eigenvalue weighted by atomic mass is 19.1. The van der Waals surface area contributed by atoms with Crippen molar-refractivity contribution in [1.82, 2.24) is 20.1 Å². The molecule has 2 heterocycles. The van der Waals surface area contributed by atoms with E-state index in [1.807, 2.05) is 29.8 Å². The molecule has 33 heavy (non-hydrogen) atoms. The standard InChI is InChI=1S/C22H26FN7O3/c1-3-30-17-7-6-14(8-13(17)10-25-30)27-20-15(19(24)31)9-16(23)21(29-20)26-11(2)18(12-4-5-12)28-22(32)33/h6-12,18,28H,3-5H2,1-2H3,(H2,24,31)(H,32,33)(H2,26,27,29)/t11-,18-/m1/s1. The number of carboxylic acid groups (broad SMARTS) is 1. The Labute approximate surface area is 189 Å². The fraction of sp³-hybridized carbons (Fsp3) is 0.364. The number of nitrogens with one attached hydrogen (secondary N) is 3. The van der Waals surface area contributed by atoms with Crippen molar-refractivity contribution in [3.63, 3.8) is 0 Å². The number of hydrogen-bond donors (Lipinski definition) is 5. The molecule has 10 nitrogen and oxygen atoms in total. The Kier molecular flexibility index (Phi) is 6.03. The van der Waals surface area contributed by atoms with Crippen molar-refractivity contribution in [3.05, 3.63) is 41.8 Å². The predicted molar refractivity (Wildman–Crippen MR) is 122 cm³/mol. The summed E-state index contributed by atoms with van der Waals surface area (Å²) in [6, 6.07) is 5.74. The predicted octanol–water partition coefficient (Wildman–Crippen LogP) is 3.28. The monoisotopic (exact) mass is 455 g/mol. The molecule has 11 heteroatoms. The number of nitrogens with zero attached hydrogens (tertiary/aromatic N) is 3. The maximum absolute atomic E-state index is 14.8. The van der Waals surface area contributed by atoms with Gasteiger partial charge in [-0.2, -0.15) is 5.10 Å². The summed E-state index contributed by atoms with van der Waals surface area (Å²) in [4.78, 5) is 27.4. The van der Waals surface area contributed by atoms with E-state index in [0.717, 1.165) is 36.4 Å². The Bertz CT molecular complexity index is 1210. The van der Waals surface area contributed by atoms with Gasteiger partial charge in [-0.3, -0.25) is 9.48 Å². The lowest BCUT2D eigenvalue weighted by Gasteiger charge is -2.25. The molecule has 1 aromatic carbocycles. The number of carbonyl (C=O) groups is 2.